The third-order valence-electron chi connectivity index (χ3n) is 1.60. The summed E-state index contributed by atoms with van der Waals surface area (Å²) in [7, 11) is 0. The Labute approximate surface area is 94.8 Å². The Kier molecular flexibility index (Phi) is 2.87. The van der Waals surface area contributed by atoms with Gasteiger partial charge >= 0.3 is 0 Å². The smallest absolute Gasteiger partial charge is 0.141 e. The molecule has 1 aromatic heterocycles. The van der Waals surface area contributed by atoms with Crippen LogP contribution in [0, 0.1) is 3.57 Å². The van der Waals surface area contributed by atoms with E-state index in [-0.39, 0.29) is 0 Å². The summed E-state index contributed by atoms with van der Waals surface area (Å²) in [4.78, 5) is 0. The number of nitrogens with zero attached hydrogens (tertiary/aromatic N) is 4. The molecule has 0 aliphatic rings. The summed E-state index contributed by atoms with van der Waals surface area (Å²) in [6, 6.07) is 8.08. The van der Waals surface area contributed by atoms with Crippen LogP contribution in [-0.2, 0) is 0 Å². The number of hydrogen-bond acceptors (Lipinski definition) is 3. The SMILES string of the molecule is Ic1cccc(/C=N/n2cnnc2)c1. The molecular formula is C9H7IN4. The second-order valence-electron chi connectivity index (χ2n) is 2.64. The summed E-state index contributed by atoms with van der Waals surface area (Å²) in [6.07, 6.45) is 4.86. The highest BCUT2D eigenvalue weighted by Gasteiger charge is 1.89. The summed E-state index contributed by atoms with van der Waals surface area (Å²) in [5, 5.41) is 11.4. The van der Waals surface area contributed by atoms with Crippen LogP contribution in [0.15, 0.2) is 42.0 Å². The van der Waals surface area contributed by atoms with Crippen molar-refractivity contribution in [1.82, 2.24) is 14.9 Å². The molecule has 0 aliphatic heterocycles. The molecule has 1 aromatic carbocycles. The monoisotopic (exact) mass is 298 g/mol. The van der Waals surface area contributed by atoms with E-state index in [1.807, 2.05) is 18.2 Å². The highest BCUT2D eigenvalue weighted by Crippen LogP contribution is 2.05. The van der Waals surface area contributed by atoms with Gasteiger partial charge in [-0.1, -0.05) is 12.1 Å². The van der Waals surface area contributed by atoms with Crippen molar-refractivity contribution < 1.29 is 0 Å². The highest BCUT2D eigenvalue weighted by atomic mass is 127. The van der Waals surface area contributed by atoms with E-state index >= 15 is 0 Å². The van der Waals surface area contributed by atoms with E-state index < -0.39 is 0 Å². The normalized spacial score (nSPS) is 10.9. The van der Waals surface area contributed by atoms with E-state index in [9.17, 15) is 0 Å². The van der Waals surface area contributed by atoms with Crippen molar-refractivity contribution in [2.45, 2.75) is 0 Å². The van der Waals surface area contributed by atoms with E-state index in [2.05, 4.69) is 44.0 Å². The Hall–Kier alpha value is -1.24. The fourth-order valence-corrected chi connectivity index (χ4v) is 1.54. The fraction of sp³-hybridized carbons (Fsp3) is 0. The first-order valence-electron chi connectivity index (χ1n) is 3.99. The molecule has 0 unspecified atom stereocenters. The van der Waals surface area contributed by atoms with Crippen molar-refractivity contribution >= 4 is 28.8 Å². The molecule has 4 nitrogen and oxygen atoms in total. The van der Waals surface area contributed by atoms with Gasteiger partial charge in [0.2, 0.25) is 0 Å². The van der Waals surface area contributed by atoms with Gasteiger partial charge < -0.3 is 0 Å². The lowest BCUT2D eigenvalue weighted by Gasteiger charge is -1.93. The summed E-state index contributed by atoms with van der Waals surface area (Å²) >= 11 is 2.27. The summed E-state index contributed by atoms with van der Waals surface area (Å²) in [5.74, 6) is 0. The molecule has 0 amide bonds. The Bertz CT molecular complexity index is 436. The van der Waals surface area contributed by atoms with Crippen molar-refractivity contribution in [3.05, 3.63) is 46.1 Å². The van der Waals surface area contributed by atoms with Gasteiger partial charge in [0.05, 0.1) is 6.21 Å². The zero-order valence-corrected chi connectivity index (χ0v) is 9.37. The molecule has 1 heterocycles. The van der Waals surface area contributed by atoms with Crippen LogP contribution in [0.2, 0.25) is 0 Å². The highest BCUT2D eigenvalue weighted by molar-refractivity contribution is 14.1. The first-order chi connectivity index (χ1) is 6.84. The predicted octanol–water partition coefficient (Wildman–Crippen LogP) is 1.76. The summed E-state index contributed by atoms with van der Waals surface area (Å²) < 4.78 is 2.75. The Morgan fingerprint density at radius 2 is 2.07 bits per heavy atom. The summed E-state index contributed by atoms with van der Waals surface area (Å²) in [5.41, 5.74) is 1.06. The molecule has 5 heteroatoms. The second kappa shape index (κ2) is 4.32. The first-order valence-corrected chi connectivity index (χ1v) is 5.07. The standard InChI is InChI=1S/C9H7IN4/c10-9-3-1-2-8(4-9)5-13-14-6-11-12-7-14/h1-7H/b13-5+. The van der Waals surface area contributed by atoms with Crippen LogP contribution in [0.3, 0.4) is 0 Å². The maximum atomic E-state index is 4.14. The molecule has 0 saturated heterocycles. The van der Waals surface area contributed by atoms with Gasteiger partial charge in [-0.3, -0.25) is 0 Å². The van der Waals surface area contributed by atoms with Crippen molar-refractivity contribution in [1.29, 1.82) is 0 Å². The molecule has 0 fully saturated rings. The zero-order valence-electron chi connectivity index (χ0n) is 7.21. The molecule has 2 rings (SSSR count). The fourth-order valence-electron chi connectivity index (χ4n) is 0.975. The molecule has 0 aliphatic carbocycles. The maximum Gasteiger partial charge on any atom is 0.141 e. The minimum absolute atomic E-state index is 1.06. The quantitative estimate of drug-likeness (QED) is 0.626. The van der Waals surface area contributed by atoms with Crippen molar-refractivity contribution in [2.75, 3.05) is 0 Å². The van der Waals surface area contributed by atoms with Gasteiger partial charge in [0, 0.05) is 3.57 Å². The molecular weight excluding hydrogens is 291 g/mol. The molecule has 0 bridgehead atoms. The molecule has 0 saturated carbocycles. The maximum absolute atomic E-state index is 4.14. The Balaban J connectivity index is 2.18. The van der Waals surface area contributed by atoms with Gasteiger partial charge in [-0.05, 0) is 40.3 Å². The van der Waals surface area contributed by atoms with Crippen molar-refractivity contribution in [2.24, 2.45) is 5.10 Å². The van der Waals surface area contributed by atoms with Crippen LogP contribution >= 0.6 is 22.6 Å². The van der Waals surface area contributed by atoms with E-state index in [1.165, 1.54) is 3.57 Å². The largest absolute Gasteiger partial charge is 0.208 e. The van der Waals surface area contributed by atoms with Crippen LogP contribution in [0.1, 0.15) is 5.56 Å². The molecule has 0 N–H and O–H groups in total. The molecule has 2 aromatic rings. The van der Waals surface area contributed by atoms with Crippen molar-refractivity contribution in [3.8, 4) is 0 Å². The van der Waals surface area contributed by atoms with Crippen molar-refractivity contribution in [3.63, 3.8) is 0 Å². The topological polar surface area (TPSA) is 43.1 Å². The van der Waals surface area contributed by atoms with Crippen LogP contribution in [0.25, 0.3) is 0 Å². The van der Waals surface area contributed by atoms with Crippen LogP contribution < -0.4 is 0 Å². The van der Waals surface area contributed by atoms with Gasteiger partial charge in [-0.2, -0.15) is 5.10 Å². The third kappa shape index (κ3) is 2.38. The Morgan fingerprint density at radius 3 is 2.79 bits per heavy atom. The number of benzene rings is 1. The average Bonchev–Trinajstić information content (AvgIpc) is 2.67. The second-order valence-corrected chi connectivity index (χ2v) is 3.89. The lowest BCUT2D eigenvalue weighted by molar-refractivity contribution is 0.878. The van der Waals surface area contributed by atoms with E-state index in [1.54, 1.807) is 23.5 Å². The molecule has 70 valence electrons. The summed E-state index contributed by atoms with van der Waals surface area (Å²) in [6.45, 7) is 0. The molecule has 0 spiro atoms. The number of halogens is 1. The van der Waals surface area contributed by atoms with E-state index in [0.717, 1.165) is 5.56 Å². The first kappa shape index (κ1) is 9.32. The molecule has 0 radical (unpaired) electrons. The van der Waals surface area contributed by atoms with Gasteiger partial charge in [-0.25, -0.2) is 4.68 Å². The zero-order chi connectivity index (χ0) is 9.80. The van der Waals surface area contributed by atoms with E-state index in [0.29, 0.717) is 0 Å². The third-order valence-corrected chi connectivity index (χ3v) is 2.27. The number of rotatable bonds is 2. The van der Waals surface area contributed by atoms with Gasteiger partial charge in [0.25, 0.3) is 0 Å². The van der Waals surface area contributed by atoms with Crippen LogP contribution in [-0.4, -0.2) is 21.1 Å². The minimum Gasteiger partial charge on any atom is -0.208 e. The average molecular weight is 298 g/mol. The molecule has 14 heavy (non-hydrogen) atoms. The van der Waals surface area contributed by atoms with Crippen LogP contribution in [0.4, 0.5) is 0 Å². The van der Waals surface area contributed by atoms with Gasteiger partial charge in [0.15, 0.2) is 0 Å². The van der Waals surface area contributed by atoms with Crippen LogP contribution in [0.5, 0.6) is 0 Å². The lowest BCUT2D eigenvalue weighted by atomic mass is 10.2. The van der Waals surface area contributed by atoms with Gasteiger partial charge in [0.1, 0.15) is 12.7 Å². The van der Waals surface area contributed by atoms with E-state index in [4.69, 9.17) is 0 Å². The lowest BCUT2D eigenvalue weighted by Crippen LogP contribution is -1.87. The number of hydrogen-bond donors (Lipinski definition) is 0. The number of aromatic nitrogens is 3. The van der Waals surface area contributed by atoms with Gasteiger partial charge in [-0.15, -0.1) is 10.2 Å². The Morgan fingerprint density at radius 1 is 1.29 bits per heavy atom. The predicted molar refractivity (Wildman–Crippen MR) is 62.2 cm³/mol. The molecule has 0 atom stereocenters. The minimum atomic E-state index is 1.06.